The van der Waals surface area contributed by atoms with Gasteiger partial charge in [0.25, 0.3) is 5.91 Å². The molecule has 0 aliphatic carbocycles. The zero-order chi connectivity index (χ0) is 15.2. The maximum atomic E-state index is 12.5. The van der Waals surface area contributed by atoms with Gasteiger partial charge in [0.05, 0.1) is 24.2 Å². The van der Waals surface area contributed by atoms with Crippen molar-refractivity contribution in [1.29, 1.82) is 5.26 Å². The SMILES string of the molecule is CCOC(=O)C1CCCN(C(=O)c2cccc(C#N)c2)C1. The first kappa shape index (κ1) is 15.0. The molecule has 0 radical (unpaired) electrons. The molecule has 1 aliphatic rings. The van der Waals surface area contributed by atoms with E-state index in [-0.39, 0.29) is 17.8 Å². The molecule has 0 aromatic heterocycles. The van der Waals surface area contributed by atoms with E-state index in [1.807, 2.05) is 6.07 Å². The van der Waals surface area contributed by atoms with Crippen molar-refractivity contribution in [3.05, 3.63) is 35.4 Å². The van der Waals surface area contributed by atoms with Gasteiger partial charge in [-0.2, -0.15) is 5.26 Å². The van der Waals surface area contributed by atoms with Crippen molar-refractivity contribution in [2.45, 2.75) is 19.8 Å². The summed E-state index contributed by atoms with van der Waals surface area (Å²) in [5, 5.41) is 8.89. The predicted octanol–water partition coefficient (Wildman–Crippen LogP) is 1.97. The highest BCUT2D eigenvalue weighted by atomic mass is 16.5. The molecular weight excluding hydrogens is 268 g/mol. The smallest absolute Gasteiger partial charge is 0.310 e. The lowest BCUT2D eigenvalue weighted by atomic mass is 9.97. The first-order valence-electron chi connectivity index (χ1n) is 7.11. The van der Waals surface area contributed by atoms with E-state index in [2.05, 4.69) is 0 Å². The van der Waals surface area contributed by atoms with Crippen LogP contribution >= 0.6 is 0 Å². The van der Waals surface area contributed by atoms with Gasteiger partial charge in [-0.05, 0) is 38.0 Å². The molecule has 21 heavy (non-hydrogen) atoms. The Bertz CT molecular complexity index is 577. The fourth-order valence-electron chi connectivity index (χ4n) is 2.52. The zero-order valence-corrected chi connectivity index (χ0v) is 12.0. The van der Waals surface area contributed by atoms with Crippen LogP contribution in [0.25, 0.3) is 0 Å². The van der Waals surface area contributed by atoms with Crippen molar-refractivity contribution in [2.75, 3.05) is 19.7 Å². The van der Waals surface area contributed by atoms with E-state index in [9.17, 15) is 9.59 Å². The number of carbonyl (C=O) groups excluding carboxylic acids is 2. The lowest BCUT2D eigenvalue weighted by molar-refractivity contribution is -0.149. The summed E-state index contributed by atoms with van der Waals surface area (Å²) >= 11 is 0. The molecule has 1 fully saturated rings. The minimum absolute atomic E-state index is 0.138. The first-order chi connectivity index (χ1) is 10.2. The van der Waals surface area contributed by atoms with Gasteiger partial charge in [0.15, 0.2) is 0 Å². The van der Waals surface area contributed by atoms with Crippen LogP contribution in [0.3, 0.4) is 0 Å². The Kier molecular flexibility index (Phi) is 4.94. The normalized spacial score (nSPS) is 17.9. The van der Waals surface area contributed by atoms with Crippen LogP contribution in [0, 0.1) is 17.2 Å². The van der Waals surface area contributed by atoms with Crippen LogP contribution in [-0.4, -0.2) is 36.5 Å². The standard InChI is InChI=1S/C16H18N2O3/c1-2-21-16(20)14-7-4-8-18(11-14)15(19)13-6-3-5-12(9-13)10-17/h3,5-6,9,14H,2,4,7-8,11H2,1H3. The Labute approximate surface area is 124 Å². The number of benzene rings is 1. The van der Waals surface area contributed by atoms with Gasteiger partial charge >= 0.3 is 5.97 Å². The van der Waals surface area contributed by atoms with E-state index < -0.39 is 0 Å². The third-order valence-corrected chi connectivity index (χ3v) is 3.57. The highest BCUT2D eigenvalue weighted by molar-refractivity contribution is 5.95. The van der Waals surface area contributed by atoms with Gasteiger partial charge in [0.1, 0.15) is 0 Å². The van der Waals surface area contributed by atoms with Crippen molar-refractivity contribution in [1.82, 2.24) is 4.90 Å². The first-order valence-corrected chi connectivity index (χ1v) is 7.11. The monoisotopic (exact) mass is 286 g/mol. The summed E-state index contributed by atoms with van der Waals surface area (Å²) in [6, 6.07) is 8.65. The molecule has 2 rings (SSSR count). The van der Waals surface area contributed by atoms with Crippen LogP contribution in [0.1, 0.15) is 35.7 Å². The Morgan fingerprint density at radius 1 is 1.48 bits per heavy atom. The molecule has 1 amide bonds. The van der Waals surface area contributed by atoms with E-state index in [0.29, 0.717) is 30.8 Å². The molecule has 1 atom stereocenters. The van der Waals surface area contributed by atoms with Crippen LogP contribution in [0.4, 0.5) is 0 Å². The van der Waals surface area contributed by atoms with Crippen LogP contribution in [0.15, 0.2) is 24.3 Å². The number of nitriles is 1. The van der Waals surface area contributed by atoms with E-state index in [1.54, 1.807) is 36.1 Å². The lowest BCUT2D eigenvalue weighted by Gasteiger charge is -2.31. The number of hydrogen-bond acceptors (Lipinski definition) is 4. The topological polar surface area (TPSA) is 70.4 Å². The number of hydrogen-bond donors (Lipinski definition) is 0. The van der Waals surface area contributed by atoms with Crippen molar-refractivity contribution in [2.24, 2.45) is 5.92 Å². The molecule has 1 heterocycles. The fourth-order valence-corrected chi connectivity index (χ4v) is 2.52. The second kappa shape index (κ2) is 6.89. The molecule has 0 saturated carbocycles. The van der Waals surface area contributed by atoms with Gasteiger partial charge in [0.2, 0.25) is 0 Å². The Balaban J connectivity index is 2.08. The molecular formula is C16H18N2O3. The van der Waals surface area contributed by atoms with Gasteiger partial charge in [-0.3, -0.25) is 9.59 Å². The molecule has 1 aromatic carbocycles. The predicted molar refractivity (Wildman–Crippen MR) is 76.4 cm³/mol. The second-order valence-electron chi connectivity index (χ2n) is 5.03. The van der Waals surface area contributed by atoms with Crippen LogP contribution in [0.5, 0.6) is 0 Å². The molecule has 1 saturated heterocycles. The third-order valence-electron chi connectivity index (χ3n) is 3.57. The number of nitrogens with zero attached hydrogens (tertiary/aromatic N) is 2. The van der Waals surface area contributed by atoms with Crippen molar-refractivity contribution >= 4 is 11.9 Å². The number of piperidine rings is 1. The summed E-state index contributed by atoms with van der Waals surface area (Å²) in [7, 11) is 0. The molecule has 0 bridgehead atoms. The molecule has 0 N–H and O–H groups in total. The summed E-state index contributed by atoms with van der Waals surface area (Å²) in [4.78, 5) is 25.9. The van der Waals surface area contributed by atoms with E-state index >= 15 is 0 Å². The minimum Gasteiger partial charge on any atom is -0.466 e. The molecule has 0 spiro atoms. The van der Waals surface area contributed by atoms with E-state index in [4.69, 9.17) is 10.00 Å². The van der Waals surface area contributed by atoms with Gasteiger partial charge < -0.3 is 9.64 Å². The maximum Gasteiger partial charge on any atom is 0.310 e. The Morgan fingerprint density at radius 3 is 3.00 bits per heavy atom. The molecule has 5 nitrogen and oxygen atoms in total. The minimum atomic E-state index is -0.248. The van der Waals surface area contributed by atoms with Crippen LogP contribution < -0.4 is 0 Å². The Morgan fingerprint density at radius 2 is 2.29 bits per heavy atom. The Hall–Kier alpha value is -2.35. The van der Waals surface area contributed by atoms with Crippen molar-refractivity contribution in [3.8, 4) is 6.07 Å². The van der Waals surface area contributed by atoms with Crippen LogP contribution in [-0.2, 0) is 9.53 Å². The van der Waals surface area contributed by atoms with Crippen LogP contribution in [0.2, 0.25) is 0 Å². The second-order valence-corrected chi connectivity index (χ2v) is 5.03. The van der Waals surface area contributed by atoms with Gasteiger partial charge in [-0.1, -0.05) is 6.07 Å². The summed E-state index contributed by atoms with van der Waals surface area (Å²) in [5.74, 6) is -0.622. The summed E-state index contributed by atoms with van der Waals surface area (Å²) in [6.45, 7) is 3.14. The van der Waals surface area contributed by atoms with E-state index in [0.717, 1.165) is 12.8 Å². The van der Waals surface area contributed by atoms with Crippen molar-refractivity contribution in [3.63, 3.8) is 0 Å². The lowest BCUT2D eigenvalue weighted by Crippen LogP contribution is -2.42. The molecule has 1 aliphatic heterocycles. The third kappa shape index (κ3) is 3.60. The average Bonchev–Trinajstić information content (AvgIpc) is 2.54. The zero-order valence-electron chi connectivity index (χ0n) is 12.0. The number of carbonyl (C=O) groups is 2. The number of ether oxygens (including phenoxy) is 1. The van der Waals surface area contributed by atoms with E-state index in [1.165, 1.54) is 0 Å². The number of rotatable bonds is 3. The summed E-state index contributed by atoms with van der Waals surface area (Å²) < 4.78 is 5.03. The quantitative estimate of drug-likeness (QED) is 0.797. The number of esters is 1. The molecule has 1 aromatic rings. The van der Waals surface area contributed by atoms with Gasteiger partial charge in [-0.25, -0.2) is 0 Å². The molecule has 1 unspecified atom stereocenters. The van der Waals surface area contributed by atoms with Gasteiger partial charge in [0, 0.05) is 18.7 Å². The summed E-state index contributed by atoms with van der Waals surface area (Å²) in [6.07, 6.45) is 1.54. The highest BCUT2D eigenvalue weighted by Gasteiger charge is 2.29. The number of amides is 1. The molecule has 5 heteroatoms. The molecule has 110 valence electrons. The maximum absolute atomic E-state index is 12.5. The summed E-state index contributed by atoms with van der Waals surface area (Å²) in [5.41, 5.74) is 0.943. The largest absolute Gasteiger partial charge is 0.466 e. The number of likely N-dealkylation sites (tertiary alicyclic amines) is 1. The highest BCUT2D eigenvalue weighted by Crippen LogP contribution is 2.20. The average molecular weight is 286 g/mol. The fraction of sp³-hybridized carbons (Fsp3) is 0.438. The van der Waals surface area contributed by atoms with Crippen molar-refractivity contribution < 1.29 is 14.3 Å². The van der Waals surface area contributed by atoms with Gasteiger partial charge in [-0.15, -0.1) is 0 Å².